The number of hydrogen-bond donors (Lipinski definition) is 2. The summed E-state index contributed by atoms with van der Waals surface area (Å²) in [4.78, 5) is 20.2. The lowest BCUT2D eigenvalue weighted by molar-refractivity contribution is -0.140. The Balaban J connectivity index is 1.80. The van der Waals surface area contributed by atoms with Gasteiger partial charge in [0.25, 0.3) is 0 Å². The fourth-order valence-corrected chi connectivity index (χ4v) is 3.31. The van der Waals surface area contributed by atoms with Crippen molar-refractivity contribution in [2.24, 2.45) is 5.73 Å². The summed E-state index contributed by atoms with van der Waals surface area (Å²) < 4.78 is 40.6. The molecule has 0 spiro atoms. The van der Waals surface area contributed by atoms with Crippen LogP contribution < -0.4 is 21.3 Å². The van der Waals surface area contributed by atoms with Crippen molar-refractivity contribution in [2.45, 2.75) is 31.5 Å². The summed E-state index contributed by atoms with van der Waals surface area (Å²) in [6, 6.07) is 1.68. The molecule has 2 saturated heterocycles. The smallest absolute Gasteiger partial charge is 0.368 e. The predicted octanol–water partition coefficient (Wildman–Crippen LogP) is 1.67. The third-order valence-corrected chi connectivity index (χ3v) is 5.06. The van der Waals surface area contributed by atoms with Crippen LogP contribution in [0.2, 0.25) is 0 Å². The number of nitrogens with zero attached hydrogens (tertiary/aromatic N) is 6. The monoisotopic (exact) mass is 394 g/mol. The van der Waals surface area contributed by atoms with Gasteiger partial charge in [-0.25, -0.2) is 15.0 Å². The Morgan fingerprint density at radius 1 is 1.00 bits per heavy atom. The van der Waals surface area contributed by atoms with E-state index >= 15 is 0 Å². The molecule has 4 N–H and O–H groups in total. The second kappa shape index (κ2) is 7.04. The number of anilines is 3. The van der Waals surface area contributed by atoms with E-state index in [4.69, 9.17) is 11.5 Å². The van der Waals surface area contributed by atoms with E-state index in [9.17, 15) is 13.2 Å². The van der Waals surface area contributed by atoms with Crippen LogP contribution in [0.4, 0.5) is 30.9 Å². The third-order valence-electron chi connectivity index (χ3n) is 5.06. The van der Waals surface area contributed by atoms with E-state index in [-0.39, 0.29) is 17.3 Å². The van der Waals surface area contributed by atoms with Gasteiger partial charge < -0.3 is 21.3 Å². The first-order valence-corrected chi connectivity index (χ1v) is 9.16. The molecule has 0 amide bonds. The second-order valence-corrected chi connectivity index (χ2v) is 7.06. The molecule has 2 aromatic heterocycles. The first-order chi connectivity index (χ1) is 13.3. The first kappa shape index (κ1) is 18.7. The molecule has 2 fully saturated rings. The van der Waals surface area contributed by atoms with Crippen LogP contribution in [0.1, 0.15) is 25.0 Å². The number of nitrogens with two attached hydrogens (primary N) is 2. The van der Waals surface area contributed by atoms with Crippen LogP contribution in [0.5, 0.6) is 0 Å². The van der Waals surface area contributed by atoms with Gasteiger partial charge in [-0.05, 0) is 19.3 Å². The largest absolute Gasteiger partial charge is 0.434 e. The summed E-state index contributed by atoms with van der Waals surface area (Å²) >= 11 is 0. The van der Waals surface area contributed by atoms with E-state index in [0.29, 0.717) is 24.9 Å². The Morgan fingerprint density at radius 2 is 1.71 bits per heavy atom. The lowest BCUT2D eigenvalue weighted by Crippen LogP contribution is -2.41. The quantitative estimate of drug-likeness (QED) is 0.809. The number of aromatic nitrogens is 4. The number of rotatable bonds is 3. The molecule has 2 aliphatic rings. The van der Waals surface area contributed by atoms with Crippen molar-refractivity contribution < 1.29 is 13.2 Å². The summed E-state index contributed by atoms with van der Waals surface area (Å²) in [5.41, 5.74) is 10.2. The van der Waals surface area contributed by atoms with Crippen LogP contribution in [0, 0.1) is 0 Å². The van der Waals surface area contributed by atoms with Crippen molar-refractivity contribution in [2.75, 3.05) is 41.7 Å². The molecule has 0 aromatic carbocycles. The molecule has 150 valence electrons. The summed E-state index contributed by atoms with van der Waals surface area (Å²) in [6.07, 6.45) is -1.02. The molecule has 0 atom stereocenters. The standard InChI is InChI=1S/C17H21F3N8/c18-17(19,20)14-11(9-23-15(22)26-14)12-8-13(27-4-1-5-27)25-16(24-12)28-6-2-10(21)3-7-28/h8-10H,1-7,21H2,(H2,22,23,26). The van der Waals surface area contributed by atoms with Gasteiger partial charge in [-0.2, -0.15) is 18.2 Å². The van der Waals surface area contributed by atoms with Crippen LogP contribution in [-0.2, 0) is 6.18 Å². The Labute approximate surface area is 159 Å². The number of hydrogen-bond acceptors (Lipinski definition) is 8. The maximum absolute atomic E-state index is 13.5. The van der Waals surface area contributed by atoms with Gasteiger partial charge in [0.2, 0.25) is 11.9 Å². The second-order valence-electron chi connectivity index (χ2n) is 7.06. The molecule has 0 unspecified atom stereocenters. The third kappa shape index (κ3) is 3.66. The van der Waals surface area contributed by atoms with Crippen LogP contribution in [0.25, 0.3) is 11.3 Å². The molecule has 4 heterocycles. The van der Waals surface area contributed by atoms with Crippen LogP contribution >= 0.6 is 0 Å². The maximum atomic E-state index is 13.5. The Morgan fingerprint density at radius 3 is 2.32 bits per heavy atom. The summed E-state index contributed by atoms with van der Waals surface area (Å²) in [5.74, 6) is 0.570. The Hall–Kier alpha value is -2.69. The molecule has 2 aromatic rings. The van der Waals surface area contributed by atoms with Crippen molar-refractivity contribution in [3.05, 3.63) is 18.0 Å². The van der Waals surface area contributed by atoms with Crippen molar-refractivity contribution in [1.82, 2.24) is 19.9 Å². The Bertz CT molecular complexity index is 860. The zero-order chi connectivity index (χ0) is 19.9. The molecule has 8 nitrogen and oxygen atoms in total. The predicted molar refractivity (Wildman–Crippen MR) is 98.7 cm³/mol. The maximum Gasteiger partial charge on any atom is 0.434 e. The van der Waals surface area contributed by atoms with Crippen LogP contribution in [0.3, 0.4) is 0 Å². The summed E-state index contributed by atoms with van der Waals surface area (Å²) in [5, 5.41) is 0. The summed E-state index contributed by atoms with van der Waals surface area (Å²) in [7, 11) is 0. The molecule has 0 aliphatic carbocycles. The van der Waals surface area contributed by atoms with E-state index < -0.39 is 17.8 Å². The minimum atomic E-state index is -4.67. The van der Waals surface area contributed by atoms with Crippen molar-refractivity contribution >= 4 is 17.7 Å². The molecule has 0 saturated carbocycles. The van der Waals surface area contributed by atoms with Gasteiger partial charge in [0, 0.05) is 50.0 Å². The zero-order valence-corrected chi connectivity index (χ0v) is 15.2. The topological polar surface area (TPSA) is 110 Å². The van der Waals surface area contributed by atoms with E-state index in [1.54, 1.807) is 6.07 Å². The van der Waals surface area contributed by atoms with Gasteiger partial charge in [-0.3, -0.25) is 0 Å². The van der Waals surface area contributed by atoms with Crippen molar-refractivity contribution in [3.8, 4) is 11.3 Å². The fourth-order valence-electron chi connectivity index (χ4n) is 3.31. The number of piperidine rings is 1. The Kier molecular flexibility index (Phi) is 4.69. The van der Waals surface area contributed by atoms with Crippen molar-refractivity contribution in [3.63, 3.8) is 0 Å². The molecule has 28 heavy (non-hydrogen) atoms. The average Bonchev–Trinajstić information content (AvgIpc) is 2.60. The van der Waals surface area contributed by atoms with Crippen LogP contribution in [0.15, 0.2) is 12.3 Å². The van der Waals surface area contributed by atoms with Gasteiger partial charge in [-0.15, -0.1) is 0 Å². The van der Waals surface area contributed by atoms with Gasteiger partial charge >= 0.3 is 6.18 Å². The average molecular weight is 394 g/mol. The van der Waals surface area contributed by atoms with Gasteiger partial charge in [0.05, 0.1) is 5.69 Å². The minimum absolute atomic E-state index is 0.122. The zero-order valence-electron chi connectivity index (χ0n) is 15.2. The van der Waals surface area contributed by atoms with Crippen LogP contribution in [-0.4, -0.2) is 52.2 Å². The SMILES string of the molecule is Nc1ncc(-c2cc(N3CCC3)nc(N3CCC(N)CC3)n2)c(C(F)(F)F)n1. The highest BCUT2D eigenvalue weighted by molar-refractivity contribution is 5.67. The summed E-state index contributed by atoms with van der Waals surface area (Å²) in [6.45, 7) is 2.94. The first-order valence-electron chi connectivity index (χ1n) is 9.16. The number of halogens is 3. The van der Waals surface area contributed by atoms with Crippen molar-refractivity contribution in [1.29, 1.82) is 0 Å². The molecule has 2 aliphatic heterocycles. The lowest BCUT2D eigenvalue weighted by atomic mass is 10.1. The normalized spacial score (nSPS) is 18.3. The highest BCUT2D eigenvalue weighted by Crippen LogP contribution is 2.37. The van der Waals surface area contributed by atoms with Gasteiger partial charge in [0.1, 0.15) is 5.82 Å². The van der Waals surface area contributed by atoms with E-state index in [1.165, 1.54) is 0 Å². The fraction of sp³-hybridized carbons (Fsp3) is 0.529. The molecule has 4 rings (SSSR count). The highest BCUT2D eigenvalue weighted by atomic mass is 19.4. The van der Waals surface area contributed by atoms with Gasteiger partial charge in [0.15, 0.2) is 5.69 Å². The lowest BCUT2D eigenvalue weighted by Gasteiger charge is -2.34. The molecular weight excluding hydrogens is 373 g/mol. The van der Waals surface area contributed by atoms with E-state index in [2.05, 4.69) is 19.9 Å². The molecule has 0 radical (unpaired) electrons. The molecule has 11 heteroatoms. The molecule has 0 bridgehead atoms. The molecular formula is C17H21F3N8. The number of alkyl halides is 3. The van der Waals surface area contributed by atoms with E-state index in [1.807, 2.05) is 9.80 Å². The minimum Gasteiger partial charge on any atom is -0.368 e. The highest BCUT2D eigenvalue weighted by Gasteiger charge is 2.37. The number of nitrogen functional groups attached to an aromatic ring is 1. The van der Waals surface area contributed by atoms with Gasteiger partial charge in [-0.1, -0.05) is 0 Å². The van der Waals surface area contributed by atoms with E-state index in [0.717, 1.165) is 38.5 Å².